The highest BCUT2D eigenvalue weighted by molar-refractivity contribution is 5.82. The van der Waals surface area contributed by atoms with Crippen molar-refractivity contribution in [2.75, 3.05) is 0 Å². The van der Waals surface area contributed by atoms with Crippen LogP contribution in [0.2, 0.25) is 0 Å². The molecule has 1 aromatic carbocycles. The molecule has 90 valence electrons. The highest BCUT2D eigenvalue weighted by Gasteiger charge is 2.40. The molecule has 3 nitrogen and oxygen atoms in total. The smallest absolute Gasteiger partial charge is 0.0929 e. The van der Waals surface area contributed by atoms with Crippen molar-refractivity contribution in [3.05, 3.63) is 29.5 Å². The molecule has 2 N–H and O–H groups in total. The van der Waals surface area contributed by atoms with Crippen molar-refractivity contribution >= 4 is 10.9 Å². The Labute approximate surface area is 102 Å². The van der Waals surface area contributed by atoms with Crippen LogP contribution in [-0.2, 0) is 5.54 Å². The monoisotopic (exact) mass is 229 g/mol. The van der Waals surface area contributed by atoms with E-state index < -0.39 is 0 Å². The normalized spacial score (nSPS) is 17.9. The van der Waals surface area contributed by atoms with Gasteiger partial charge in [-0.05, 0) is 45.2 Å². The number of fused-ring (bicyclic) bond motifs is 1. The summed E-state index contributed by atoms with van der Waals surface area (Å²) in [5.74, 6) is 0. The average molecular weight is 229 g/mol. The third-order valence-corrected chi connectivity index (χ3v) is 3.80. The Morgan fingerprint density at radius 3 is 2.65 bits per heavy atom. The number of hydrogen-bond acceptors (Lipinski definition) is 2. The fraction of sp³-hybridized carbons (Fsp3) is 0.500. The maximum atomic E-state index is 6.23. The number of hydrogen-bond donors (Lipinski definition) is 1. The molecule has 0 aliphatic heterocycles. The molecule has 17 heavy (non-hydrogen) atoms. The first-order valence-electron chi connectivity index (χ1n) is 6.29. The van der Waals surface area contributed by atoms with E-state index in [1.807, 2.05) is 0 Å². The second-order valence-corrected chi connectivity index (χ2v) is 5.51. The molecule has 1 saturated carbocycles. The molecule has 1 aliphatic carbocycles. The van der Waals surface area contributed by atoms with Crippen molar-refractivity contribution in [3.63, 3.8) is 0 Å². The zero-order chi connectivity index (χ0) is 12.2. The Morgan fingerprint density at radius 2 is 2.06 bits per heavy atom. The molecule has 1 heterocycles. The third-order valence-electron chi connectivity index (χ3n) is 3.80. The molecule has 0 saturated heterocycles. The lowest BCUT2D eigenvalue weighted by molar-refractivity contribution is 0.524. The van der Waals surface area contributed by atoms with Crippen LogP contribution in [0.1, 0.15) is 44.0 Å². The summed E-state index contributed by atoms with van der Waals surface area (Å²) in [5, 5.41) is 5.92. The van der Waals surface area contributed by atoms with E-state index in [1.165, 1.54) is 16.6 Å². The summed E-state index contributed by atoms with van der Waals surface area (Å²) in [7, 11) is 0. The Kier molecular flexibility index (Phi) is 2.11. The second kappa shape index (κ2) is 3.33. The number of benzene rings is 1. The Morgan fingerprint density at radius 1 is 1.35 bits per heavy atom. The minimum absolute atomic E-state index is 0.0658. The summed E-state index contributed by atoms with van der Waals surface area (Å²) in [4.78, 5) is 0. The number of nitrogens with zero attached hydrogens (tertiary/aromatic N) is 2. The van der Waals surface area contributed by atoms with Crippen LogP contribution in [0.3, 0.4) is 0 Å². The van der Waals surface area contributed by atoms with Crippen LogP contribution >= 0.6 is 0 Å². The van der Waals surface area contributed by atoms with Crippen molar-refractivity contribution in [3.8, 4) is 0 Å². The molecule has 0 radical (unpaired) electrons. The predicted molar refractivity (Wildman–Crippen MR) is 70.0 cm³/mol. The van der Waals surface area contributed by atoms with E-state index in [1.54, 1.807) is 0 Å². The van der Waals surface area contributed by atoms with Crippen molar-refractivity contribution in [2.24, 2.45) is 5.73 Å². The largest absolute Gasteiger partial charge is 0.321 e. The number of aromatic nitrogens is 2. The molecular weight excluding hydrogens is 210 g/mol. The molecule has 2 aromatic rings. The van der Waals surface area contributed by atoms with Gasteiger partial charge >= 0.3 is 0 Å². The van der Waals surface area contributed by atoms with Gasteiger partial charge in [0, 0.05) is 22.7 Å². The number of aryl methyl sites for hydroxylation is 1. The summed E-state index contributed by atoms with van der Waals surface area (Å²) in [6.07, 6.45) is 2.20. The second-order valence-electron chi connectivity index (χ2n) is 5.51. The SMILES string of the molecule is Cc1c2ccc(C3(N)CC3)cc2nn1C(C)C. The zero-order valence-electron chi connectivity index (χ0n) is 10.7. The topological polar surface area (TPSA) is 43.8 Å². The number of nitrogens with two attached hydrogens (primary N) is 1. The van der Waals surface area contributed by atoms with E-state index in [4.69, 9.17) is 5.73 Å². The van der Waals surface area contributed by atoms with Gasteiger partial charge in [-0.3, -0.25) is 4.68 Å². The lowest BCUT2D eigenvalue weighted by atomic mass is 10.0. The van der Waals surface area contributed by atoms with Gasteiger partial charge in [-0.2, -0.15) is 5.10 Å². The lowest BCUT2D eigenvalue weighted by Crippen LogP contribution is -2.18. The molecule has 0 unspecified atom stereocenters. The molecule has 0 bridgehead atoms. The van der Waals surface area contributed by atoms with Gasteiger partial charge in [-0.15, -0.1) is 0 Å². The Balaban J connectivity index is 2.17. The third kappa shape index (κ3) is 1.57. The molecule has 3 heteroatoms. The molecule has 1 aliphatic rings. The van der Waals surface area contributed by atoms with Crippen LogP contribution in [0.25, 0.3) is 10.9 Å². The summed E-state index contributed by atoms with van der Waals surface area (Å²) in [6, 6.07) is 6.89. The molecule has 1 aromatic heterocycles. The maximum Gasteiger partial charge on any atom is 0.0929 e. The molecular formula is C14H19N3. The summed E-state index contributed by atoms with van der Waals surface area (Å²) in [6.45, 7) is 6.44. The standard InChI is InChI=1S/C14H19N3/c1-9(2)17-10(3)12-5-4-11(8-13(12)16-17)14(15)6-7-14/h4-5,8-9H,6-7,15H2,1-3H3. The van der Waals surface area contributed by atoms with E-state index in [9.17, 15) is 0 Å². The first-order chi connectivity index (χ1) is 8.01. The van der Waals surface area contributed by atoms with E-state index in [-0.39, 0.29) is 5.54 Å². The van der Waals surface area contributed by atoms with Gasteiger partial charge in [-0.25, -0.2) is 0 Å². The van der Waals surface area contributed by atoms with Gasteiger partial charge in [0.25, 0.3) is 0 Å². The van der Waals surface area contributed by atoms with Gasteiger partial charge < -0.3 is 5.73 Å². The minimum atomic E-state index is -0.0658. The van der Waals surface area contributed by atoms with Gasteiger partial charge in [0.15, 0.2) is 0 Å². The van der Waals surface area contributed by atoms with E-state index in [0.29, 0.717) is 6.04 Å². The van der Waals surface area contributed by atoms with Crippen LogP contribution < -0.4 is 5.73 Å². The van der Waals surface area contributed by atoms with E-state index >= 15 is 0 Å². The highest BCUT2D eigenvalue weighted by atomic mass is 15.3. The average Bonchev–Trinajstić information content (AvgIpc) is 2.95. The number of rotatable bonds is 2. The van der Waals surface area contributed by atoms with Crippen molar-refractivity contribution in [1.82, 2.24) is 9.78 Å². The van der Waals surface area contributed by atoms with E-state index in [0.717, 1.165) is 18.4 Å². The van der Waals surface area contributed by atoms with Crippen molar-refractivity contribution in [2.45, 2.75) is 45.2 Å². The van der Waals surface area contributed by atoms with Crippen LogP contribution in [0.15, 0.2) is 18.2 Å². The van der Waals surface area contributed by atoms with Crippen LogP contribution in [0.5, 0.6) is 0 Å². The van der Waals surface area contributed by atoms with E-state index in [2.05, 4.69) is 48.8 Å². The quantitative estimate of drug-likeness (QED) is 0.860. The first-order valence-corrected chi connectivity index (χ1v) is 6.29. The summed E-state index contributed by atoms with van der Waals surface area (Å²) >= 11 is 0. The van der Waals surface area contributed by atoms with Gasteiger partial charge in [0.1, 0.15) is 0 Å². The summed E-state index contributed by atoms with van der Waals surface area (Å²) < 4.78 is 2.09. The Hall–Kier alpha value is -1.35. The van der Waals surface area contributed by atoms with Gasteiger partial charge in [0.05, 0.1) is 5.52 Å². The zero-order valence-corrected chi connectivity index (χ0v) is 10.7. The molecule has 3 rings (SSSR count). The fourth-order valence-corrected chi connectivity index (χ4v) is 2.47. The molecule has 0 spiro atoms. The van der Waals surface area contributed by atoms with Crippen molar-refractivity contribution in [1.29, 1.82) is 0 Å². The maximum absolute atomic E-state index is 6.23. The molecule has 0 atom stereocenters. The first kappa shape index (κ1) is 10.8. The lowest BCUT2D eigenvalue weighted by Gasteiger charge is -2.07. The fourth-order valence-electron chi connectivity index (χ4n) is 2.47. The Bertz CT molecular complexity index is 576. The van der Waals surface area contributed by atoms with Crippen LogP contribution in [0.4, 0.5) is 0 Å². The van der Waals surface area contributed by atoms with Crippen LogP contribution in [-0.4, -0.2) is 9.78 Å². The molecule has 1 fully saturated rings. The van der Waals surface area contributed by atoms with Crippen molar-refractivity contribution < 1.29 is 0 Å². The summed E-state index contributed by atoms with van der Waals surface area (Å²) in [5.41, 5.74) is 9.71. The highest BCUT2D eigenvalue weighted by Crippen LogP contribution is 2.43. The molecule has 0 amide bonds. The van der Waals surface area contributed by atoms with Crippen LogP contribution in [0, 0.1) is 6.92 Å². The predicted octanol–water partition coefficient (Wildman–Crippen LogP) is 2.87. The van der Waals surface area contributed by atoms with Gasteiger partial charge in [-0.1, -0.05) is 12.1 Å². The minimum Gasteiger partial charge on any atom is -0.321 e. The van der Waals surface area contributed by atoms with Gasteiger partial charge in [0.2, 0.25) is 0 Å².